The highest BCUT2D eigenvalue weighted by Crippen LogP contribution is 2.51. The van der Waals surface area contributed by atoms with Gasteiger partial charge in [0.25, 0.3) is 0 Å². The van der Waals surface area contributed by atoms with E-state index in [9.17, 15) is 9.59 Å². The summed E-state index contributed by atoms with van der Waals surface area (Å²) in [5.41, 5.74) is 2.03. The molecule has 0 radical (unpaired) electrons. The SMILES string of the molecule is CCCCCCC1C(c2ccc(C)cc2)=CCC1(C(=O)OC)C(=O)OC. The Morgan fingerprint density at radius 2 is 1.65 bits per heavy atom. The summed E-state index contributed by atoms with van der Waals surface area (Å²) in [5.74, 6) is -1.21. The molecular formula is C22H30O4. The molecule has 0 heterocycles. The summed E-state index contributed by atoms with van der Waals surface area (Å²) in [4.78, 5) is 25.4. The van der Waals surface area contributed by atoms with Crippen LogP contribution in [-0.4, -0.2) is 26.2 Å². The van der Waals surface area contributed by atoms with Gasteiger partial charge in [-0.1, -0.05) is 68.5 Å². The Balaban J connectivity index is 2.40. The number of allylic oxidation sites excluding steroid dienone is 2. The van der Waals surface area contributed by atoms with Crippen molar-refractivity contribution >= 4 is 17.5 Å². The van der Waals surface area contributed by atoms with Crippen molar-refractivity contribution in [2.45, 2.75) is 52.4 Å². The summed E-state index contributed by atoms with van der Waals surface area (Å²) in [6, 6.07) is 8.23. The van der Waals surface area contributed by atoms with Gasteiger partial charge in [0, 0.05) is 5.92 Å². The van der Waals surface area contributed by atoms with Gasteiger partial charge in [-0.05, 0) is 30.9 Å². The molecule has 26 heavy (non-hydrogen) atoms. The predicted octanol–water partition coefficient (Wildman–Crippen LogP) is 4.70. The standard InChI is InChI=1S/C22H30O4/c1-5-6-7-8-9-19-18(17-12-10-16(2)11-13-17)14-15-22(19,20(23)25-3)21(24)26-4/h10-14,19H,5-9,15H2,1-4H3. The number of rotatable bonds is 8. The van der Waals surface area contributed by atoms with Gasteiger partial charge in [-0.25, -0.2) is 0 Å². The van der Waals surface area contributed by atoms with Crippen LogP contribution in [0.2, 0.25) is 0 Å². The fourth-order valence-corrected chi connectivity index (χ4v) is 3.96. The van der Waals surface area contributed by atoms with Crippen LogP contribution in [0.15, 0.2) is 30.3 Å². The highest BCUT2D eigenvalue weighted by molar-refractivity contribution is 6.04. The van der Waals surface area contributed by atoms with Gasteiger partial charge in [-0.3, -0.25) is 9.59 Å². The van der Waals surface area contributed by atoms with E-state index >= 15 is 0 Å². The van der Waals surface area contributed by atoms with E-state index in [0.29, 0.717) is 6.42 Å². The zero-order valence-electron chi connectivity index (χ0n) is 16.3. The Kier molecular flexibility index (Phi) is 7.01. The molecule has 1 aliphatic carbocycles. The van der Waals surface area contributed by atoms with Gasteiger partial charge in [-0.15, -0.1) is 0 Å². The number of ether oxygens (including phenoxy) is 2. The normalized spacial score (nSPS) is 18.3. The van der Waals surface area contributed by atoms with E-state index in [2.05, 4.69) is 31.2 Å². The van der Waals surface area contributed by atoms with Crippen molar-refractivity contribution in [1.29, 1.82) is 0 Å². The van der Waals surface area contributed by atoms with Gasteiger partial charge in [0.05, 0.1) is 14.2 Å². The lowest BCUT2D eigenvalue weighted by molar-refractivity contribution is -0.171. The number of hydrogen-bond donors (Lipinski definition) is 0. The molecule has 0 amide bonds. The minimum atomic E-state index is -1.27. The van der Waals surface area contributed by atoms with Crippen molar-refractivity contribution in [2.24, 2.45) is 11.3 Å². The lowest BCUT2D eigenvalue weighted by Crippen LogP contribution is -2.45. The largest absolute Gasteiger partial charge is 0.468 e. The average molecular weight is 358 g/mol. The van der Waals surface area contributed by atoms with E-state index in [4.69, 9.17) is 9.47 Å². The van der Waals surface area contributed by atoms with Crippen molar-refractivity contribution in [1.82, 2.24) is 0 Å². The lowest BCUT2D eigenvalue weighted by Gasteiger charge is -2.32. The lowest BCUT2D eigenvalue weighted by atomic mass is 9.71. The Labute approximate surface area is 156 Å². The molecule has 1 aromatic carbocycles. The molecule has 0 saturated carbocycles. The number of carbonyl (C=O) groups is 2. The zero-order chi connectivity index (χ0) is 19.2. The minimum Gasteiger partial charge on any atom is -0.468 e. The van der Waals surface area contributed by atoms with Crippen LogP contribution in [0.5, 0.6) is 0 Å². The number of hydrogen-bond acceptors (Lipinski definition) is 4. The quantitative estimate of drug-likeness (QED) is 0.384. The van der Waals surface area contributed by atoms with E-state index in [1.165, 1.54) is 19.8 Å². The Hall–Kier alpha value is -2.10. The first-order valence-corrected chi connectivity index (χ1v) is 9.45. The van der Waals surface area contributed by atoms with Crippen LogP contribution in [0.4, 0.5) is 0 Å². The van der Waals surface area contributed by atoms with Gasteiger partial charge in [0.1, 0.15) is 0 Å². The summed E-state index contributed by atoms with van der Waals surface area (Å²) in [6.45, 7) is 4.21. The summed E-state index contributed by atoms with van der Waals surface area (Å²) in [5, 5.41) is 0. The Morgan fingerprint density at radius 3 is 2.19 bits per heavy atom. The molecule has 1 aliphatic rings. The maximum Gasteiger partial charge on any atom is 0.324 e. The fraction of sp³-hybridized carbons (Fsp3) is 0.545. The third-order valence-corrected chi connectivity index (χ3v) is 5.44. The van der Waals surface area contributed by atoms with Crippen LogP contribution in [0.25, 0.3) is 5.57 Å². The van der Waals surface area contributed by atoms with E-state index in [1.54, 1.807) is 0 Å². The molecule has 0 fully saturated rings. The van der Waals surface area contributed by atoms with Crippen LogP contribution in [0.3, 0.4) is 0 Å². The van der Waals surface area contributed by atoms with Gasteiger partial charge >= 0.3 is 11.9 Å². The first-order chi connectivity index (χ1) is 12.5. The van der Waals surface area contributed by atoms with Crippen molar-refractivity contribution in [3.63, 3.8) is 0 Å². The maximum absolute atomic E-state index is 12.7. The summed E-state index contributed by atoms with van der Waals surface area (Å²) in [7, 11) is 2.68. The molecule has 1 unspecified atom stereocenters. The molecular weight excluding hydrogens is 328 g/mol. The summed E-state index contributed by atoms with van der Waals surface area (Å²) in [6.07, 6.45) is 7.47. The smallest absolute Gasteiger partial charge is 0.324 e. The van der Waals surface area contributed by atoms with E-state index < -0.39 is 17.4 Å². The van der Waals surface area contributed by atoms with Crippen LogP contribution in [0.1, 0.15) is 56.6 Å². The third-order valence-electron chi connectivity index (χ3n) is 5.44. The Bertz CT molecular complexity index is 641. The molecule has 1 aromatic rings. The maximum atomic E-state index is 12.7. The molecule has 0 saturated heterocycles. The average Bonchev–Trinajstić information content (AvgIpc) is 3.04. The molecule has 142 valence electrons. The second kappa shape index (κ2) is 9.02. The predicted molar refractivity (Wildman–Crippen MR) is 102 cm³/mol. The number of unbranched alkanes of at least 4 members (excludes halogenated alkanes) is 3. The van der Waals surface area contributed by atoms with Gasteiger partial charge in [0.15, 0.2) is 5.41 Å². The molecule has 0 N–H and O–H groups in total. The van der Waals surface area contributed by atoms with Crippen LogP contribution in [-0.2, 0) is 19.1 Å². The van der Waals surface area contributed by atoms with Gasteiger partial charge in [-0.2, -0.15) is 0 Å². The highest BCUT2D eigenvalue weighted by Gasteiger charge is 2.57. The number of carbonyl (C=O) groups excluding carboxylic acids is 2. The number of benzene rings is 1. The molecule has 2 rings (SSSR count). The second-order valence-corrected chi connectivity index (χ2v) is 7.09. The monoisotopic (exact) mass is 358 g/mol. The minimum absolute atomic E-state index is 0.220. The number of methoxy groups -OCH3 is 2. The summed E-state index contributed by atoms with van der Waals surface area (Å²) < 4.78 is 10.1. The molecule has 1 atom stereocenters. The molecule has 0 spiro atoms. The fourth-order valence-electron chi connectivity index (χ4n) is 3.96. The number of esters is 2. The van der Waals surface area contributed by atoms with Gasteiger partial charge < -0.3 is 9.47 Å². The molecule has 4 nitrogen and oxygen atoms in total. The van der Waals surface area contributed by atoms with Crippen molar-refractivity contribution in [2.75, 3.05) is 14.2 Å². The van der Waals surface area contributed by atoms with Crippen molar-refractivity contribution in [3.05, 3.63) is 41.5 Å². The molecule has 4 heteroatoms. The van der Waals surface area contributed by atoms with Crippen molar-refractivity contribution in [3.8, 4) is 0 Å². The van der Waals surface area contributed by atoms with Crippen LogP contribution >= 0.6 is 0 Å². The Morgan fingerprint density at radius 1 is 1.04 bits per heavy atom. The molecule has 0 bridgehead atoms. The van der Waals surface area contributed by atoms with E-state index in [-0.39, 0.29) is 5.92 Å². The molecule has 0 aromatic heterocycles. The third kappa shape index (κ3) is 3.84. The number of aryl methyl sites for hydroxylation is 1. The van der Waals surface area contributed by atoms with E-state index in [0.717, 1.165) is 43.2 Å². The van der Waals surface area contributed by atoms with Gasteiger partial charge in [0.2, 0.25) is 0 Å². The second-order valence-electron chi connectivity index (χ2n) is 7.09. The summed E-state index contributed by atoms with van der Waals surface area (Å²) >= 11 is 0. The van der Waals surface area contributed by atoms with Crippen molar-refractivity contribution < 1.29 is 19.1 Å². The first kappa shape index (κ1) is 20.2. The highest BCUT2D eigenvalue weighted by atomic mass is 16.5. The van der Waals surface area contributed by atoms with Crippen LogP contribution < -0.4 is 0 Å². The van der Waals surface area contributed by atoms with Crippen LogP contribution in [0, 0.1) is 18.3 Å². The zero-order valence-corrected chi connectivity index (χ0v) is 16.3. The topological polar surface area (TPSA) is 52.6 Å². The van der Waals surface area contributed by atoms with E-state index in [1.807, 2.05) is 13.0 Å². The molecule has 0 aliphatic heterocycles. The first-order valence-electron chi connectivity index (χ1n) is 9.45.